The van der Waals surface area contributed by atoms with Gasteiger partial charge < -0.3 is 0 Å². The highest BCUT2D eigenvalue weighted by atomic mass is 35.5. The fraction of sp³-hybridized carbons (Fsp3) is 0.280. The van der Waals surface area contributed by atoms with Crippen LogP contribution in [-0.4, -0.2) is 43.8 Å². The standard InChI is InChI=1S/C25H26Cl2N2O2S/c1-18-3-7-20(8-4-18)25(23-12-9-21(26)17-24(23)27)28-13-15-29(16-14-28)32(30,31)22-10-5-19(2)6-11-22/h3-12,17,25H,13-16H2,1-2H3/t25-/m0/s1. The molecule has 1 fully saturated rings. The fourth-order valence-corrected chi connectivity index (χ4v) is 6.05. The molecule has 0 aliphatic carbocycles. The quantitative estimate of drug-likeness (QED) is 0.461. The average Bonchev–Trinajstić information content (AvgIpc) is 2.77. The van der Waals surface area contributed by atoms with E-state index in [0.717, 1.165) is 16.7 Å². The minimum atomic E-state index is -3.51. The van der Waals surface area contributed by atoms with Crippen LogP contribution >= 0.6 is 23.2 Å². The SMILES string of the molecule is Cc1ccc([C@@H](c2ccc(Cl)cc2Cl)N2CCN(S(=O)(=O)c3ccc(C)cc3)CC2)cc1. The molecular formula is C25H26Cl2N2O2S. The van der Waals surface area contributed by atoms with Crippen molar-refractivity contribution in [2.24, 2.45) is 0 Å². The zero-order valence-corrected chi connectivity index (χ0v) is 20.5. The van der Waals surface area contributed by atoms with Crippen LogP contribution in [0.15, 0.2) is 71.6 Å². The van der Waals surface area contributed by atoms with Gasteiger partial charge in [0, 0.05) is 36.2 Å². The minimum absolute atomic E-state index is 0.0791. The summed E-state index contributed by atoms with van der Waals surface area (Å²) in [5.74, 6) is 0. The molecule has 1 saturated heterocycles. The summed E-state index contributed by atoms with van der Waals surface area (Å²) in [6.45, 7) is 6.05. The molecular weight excluding hydrogens is 463 g/mol. The van der Waals surface area contributed by atoms with Crippen molar-refractivity contribution in [1.29, 1.82) is 0 Å². The van der Waals surface area contributed by atoms with Gasteiger partial charge in [0.2, 0.25) is 10.0 Å². The highest BCUT2D eigenvalue weighted by Crippen LogP contribution is 2.36. The third-order valence-electron chi connectivity index (χ3n) is 5.95. The molecule has 0 spiro atoms. The highest BCUT2D eigenvalue weighted by Gasteiger charge is 2.33. The maximum atomic E-state index is 13.1. The molecule has 0 N–H and O–H groups in total. The summed E-state index contributed by atoms with van der Waals surface area (Å²) in [5, 5.41) is 1.20. The Kier molecular flexibility index (Phi) is 6.94. The normalized spacial score (nSPS) is 16.8. The summed E-state index contributed by atoms with van der Waals surface area (Å²) in [4.78, 5) is 2.63. The molecule has 7 heteroatoms. The van der Waals surface area contributed by atoms with Gasteiger partial charge in [-0.15, -0.1) is 0 Å². The first-order chi connectivity index (χ1) is 15.3. The molecule has 1 aliphatic rings. The second-order valence-electron chi connectivity index (χ2n) is 8.23. The number of hydrogen-bond donors (Lipinski definition) is 0. The van der Waals surface area contributed by atoms with Crippen LogP contribution in [-0.2, 0) is 10.0 Å². The molecule has 0 bridgehead atoms. The van der Waals surface area contributed by atoms with E-state index in [0.29, 0.717) is 41.1 Å². The number of aryl methyl sites for hydroxylation is 2. The molecule has 1 heterocycles. The third kappa shape index (κ3) is 4.87. The Bertz CT molecular complexity index is 1190. The molecule has 1 atom stereocenters. The predicted octanol–water partition coefficient (Wildman–Crippen LogP) is 5.71. The van der Waals surface area contributed by atoms with Gasteiger partial charge in [-0.05, 0) is 49.2 Å². The van der Waals surface area contributed by atoms with Crippen LogP contribution in [0.1, 0.15) is 28.3 Å². The van der Waals surface area contributed by atoms with Gasteiger partial charge >= 0.3 is 0 Å². The van der Waals surface area contributed by atoms with Gasteiger partial charge in [0.25, 0.3) is 0 Å². The van der Waals surface area contributed by atoms with Crippen molar-refractivity contribution in [2.75, 3.05) is 26.2 Å². The van der Waals surface area contributed by atoms with Gasteiger partial charge in [0.05, 0.1) is 10.9 Å². The van der Waals surface area contributed by atoms with Crippen LogP contribution in [0.3, 0.4) is 0 Å². The lowest BCUT2D eigenvalue weighted by atomic mass is 9.95. The summed E-state index contributed by atoms with van der Waals surface area (Å²) in [5.41, 5.74) is 4.31. The van der Waals surface area contributed by atoms with Crippen molar-refractivity contribution in [3.8, 4) is 0 Å². The Morgan fingerprint density at radius 1 is 0.781 bits per heavy atom. The van der Waals surface area contributed by atoms with E-state index in [1.54, 1.807) is 22.5 Å². The largest absolute Gasteiger partial charge is 0.290 e. The Balaban J connectivity index is 1.60. The van der Waals surface area contributed by atoms with E-state index in [2.05, 4.69) is 36.1 Å². The van der Waals surface area contributed by atoms with Gasteiger partial charge in [-0.25, -0.2) is 8.42 Å². The van der Waals surface area contributed by atoms with Crippen molar-refractivity contribution in [3.05, 3.63) is 99.0 Å². The van der Waals surface area contributed by atoms with Crippen molar-refractivity contribution in [3.63, 3.8) is 0 Å². The molecule has 32 heavy (non-hydrogen) atoms. The molecule has 0 saturated carbocycles. The molecule has 0 radical (unpaired) electrons. The van der Waals surface area contributed by atoms with Gasteiger partial charge in [-0.1, -0.05) is 76.8 Å². The zero-order chi connectivity index (χ0) is 22.9. The molecule has 3 aromatic carbocycles. The molecule has 0 unspecified atom stereocenters. The lowest BCUT2D eigenvalue weighted by Gasteiger charge is -2.39. The van der Waals surface area contributed by atoms with Crippen LogP contribution in [0.5, 0.6) is 0 Å². The fourth-order valence-electron chi connectivity index (χ4n) is 4.12. The van der Waals surface area contributed by atoms with E-state index in [4.69, 9.17) is 23.2 Å². The van der Waals surface area contributed by atoms with Crippen LogP contribution in [0.25, 0.3) is 0 Å². The predicted molar refractivity (Wildman–Crippen MR) is 131 cm³/mol. The van der Waals surface area contributed by atoms with Crippen LogP contribution in [0.2, 0.25) is 10.0 Å². The molecule has 0 aromatic heterocycles. The third-order valence-corrected chi connectivity index (χ3v) is 8.42. The van der Waals surface area contributed by atoms with Gasteiger partial charge in [-0.3, -0.25) is 4.90 Å². The van der Waals surface area contributed by atoms with Crippen molar-refractivity contribution >= 4 is 33.2 Å². The molecule has 3 aromatic rings. The van der Waals surface area contributed by atoms with E-state index in [9.17, 15) is 8.42 Å². The number of sulfonamides is 1. The maximum absolute atomic E-state index is 13.1. The van der Waals surface area contributed by atoms with E-state index >= 15 is 0 Å². The number of nitrogens with zero attached hydrogens (tertiary/aromatic N) is 2. The lowest BCUT2D eigenvalue weighted by molar-refractivity contribution is 0.156. The number of hydrogen-bond acceptors (Lipinski definition) is 3. The van der Waals surface area contributed by atoms with E-state index in [-0.39, 0.29) is 6.04 Å². The van der Waals surface area contributed by atoms with E-state index in [1.807, 2.05) is 31.2 Å². The molecule has 4 nitrogen and oxygen atoms in total. The highest BCUT2D eigenvalue weighted by molar-refractivity contribution is 7.89. The zero-order valence-electron chi connectivity index (χ0n) is 18.1. The van der Waals surface area contributed by atoms with E-state index < -0.39 is 10.0 Å². The van der Waals surface area contributed by atoms with Gasteiger partial charge in [-0.2, -0.15) is 4.31 Å². The van der Waals surface area contributed by atoms with Crippen molar-refractivity contribution < 1.29 is 8.42 Å². The number of benzene rings is 3. The first-order valence-corrected chi connectivity index (χ1v) is 12.8. The summed E-state index contributed by atoms with van der Waals surface area (Å²) in [7, 11) is -3.51. The minimum Gasteiger partial charge on any atom is -0.290 e. The molecule has 4 rings (SSSR count). The monoisotopic (exact) mass is 488 g/mol. The Morgan fingerprint density at radius 3 is 1.91 bits per heavy atom. The Morgan fingerprint density at radius 2 is 1.34 bits per heavy atom. The summed E-state index contributed by atoms with van der Waals surface area (Å²) < 4.78 is 27.8. The smallest absolute Gasteiger partial charge is 0.243 e. The van der Waals surface area contributed by atoms with Crippen molar-refractivity contribution in [1.82, 2.24) is 9.21 Å². The molecule has 0 amide bonds. The van der Waals surface area contributed by atoms with Crippen LogP contribution < -0.4 is 0 Å². The van der Waals surface area contributed by atoms with Crippen molar-refractivity contribution in [2.45, 2.75) is 24.8 Å². The van der Waals surface area contributed by atoms with Crippen LogP contribution in [0.4, 0.5) is 0 Å². The molecule has 1 aliphatic heterocycles. The molecule has 168 valence electrons. The first-order valence-electron chi connectivity index (χ1n) is 10.6. The Labute approximate surface area is 200 Å². The number of piperazine rings is 1. The second kappa shape index (κ2) is 9.54. The average molecular weight is 489 g/mol. The number of rotatable bonds is 5. The topological polar surface area (TPSA) is 40.6 Å². The number of halogens is 2. The summed E-state index contributed by atoms with van der Waals surface area (Å²) >= 11 is 12.7. The summed E-state index contributed by atoms with van der Waals surface area (Å²) in [6, 6.07) is 20.9. The Hall–Kier alpha value is -1.89. The summed E-state index contributed by atoms with van der Waals surface area (Å²) in [6.07, 6.45) is 0. The van der Waals surface area contributed by atoms with Crippen LogP contribution in [0, 0.1) is 13.8 Å². The van der Waals surface area contributed by atoms with Gasteiger partial charge in [0.1, 0.15) is 0 Å². The first kappa shape index (κ1) is 23.3. The van der Waals surface area contributed by atoms with E-state index in [1.165, 1.54) is 5.56 Å². The lowest BCUT2D eigenvalue weighted by Crippen LogP contribution is -2.49. The van der Waals surface area contributed by atoms with Gasteiger partial charge in [0.15, 0.2) is 0 Å². The second-order valence-corrected chi connectivity index (χ2v) is 11.0. The maximum Gasteiger partial charge on any atom is 0.243 e.